The summed E-state index contributed by atoms with van der Waals surface area (Å²) in [7, 11) is 0. The molecule has 0 fully saturated rings. The first-order valence-electron chi connectivity index (χ1n) is 4.79. The lowest BCUT2D eigenvalue weighted by molar-refractivity contribution is 0.0686. The molecular formula is C11H7ClFNO4. The fraction of sp³-hybridized carbons (Fsp3) is 0.0909. The van der Waals surface area contributed by atoms with Crippen molar-refractivity contribution in [2.45, 2.75) is 6.92 Å². The maximum atomic E-state index is 13.8. The van der Waals surface area contributed by atoms with E-state index in [2.05, 4.69) is 5.16 Å². The van der Waals surface area contributed by atoms with Crippen molar-refractivity contribution >= 4 is 17.6 Å². The molecule has 0 bridgehead atoms. The normalized spacial score (nSPS) is 10.6. The van der Waals surface area contributed by atoms with Crippen LogP contribution in [0.25, 0.3) is 11.3 Å². The van der Waals surface area contributed by atoms with Crippen LogP contribution in [0.1, 0.15) is 16.1 Å². The van der Waals surface area contributed by atoms with Gasteiger partial charge in [-0.05, 0) is 18.6 Å². The second-order valence-electron chi connectivity index (χ2n) is 3.60. The van der Waals surface area contributed by atoms with Crippen LogP contribution in [0.15, 0.2) is 16.7 Å². The number of aromatic carboxylic acids is 1. The first kappa shape index (κ1) is 12.4. The van der Waals surface area contributed by atoms with Crippen molar-refractivity contribution in [3.8, 4) is 17.1 Å². The molecule has 1 aromatic heterocycles. The van der Waals surface area contributed by atoms with E-state index in [1.165, 1.54) is 6.07 Å². The summed E-state index contributed by atoms with van der Waals surface area (Å²) in [6.07, 6.45) is 0. The average Bonchev–Trinajstić information content (AvgIpc) is 2.80. The van der Waals surface area contributed by atoms with Crippen molar-refractivity contribution in [2.75, 3.05) is 0 Å². The Morgan fingerprint density at radius 2 is 2.17 bits per heavy atom. The number of aromatic nitrogens is 1. The van der Waals surface area contributed by atoms with Crippen LogP contribution in [-0.2, 0) is 0 Å². The van der Waals surface area contributed by atoms with Gasteiger partial charge >= 0.3 is 5.97 Å². The SMILES string of the molecule is Cc1cc(-c2cc(C(=O)O)no2)c(F)c(O)c1Cl. The fourth-order valence-corrected chi connectivity index (χ4v) is 1.57. The van der Waals surface area contributed by atoms with Crippen LogP contribution < -0.4 is 0 Å². The van der Waals surface area contributed by atoms with Crippen molar-refractivity contribution < 1.29 is 23.9 Å². The minimum atomic E-state index is -1.29. The summed E-state index contributed by atoms with van der Waals surface area (Å²) >= 11 is 5.67. The summed E-state index contributed by atoms with van der Waals surface area (Å²) < 4.78 is 18.5. The smallest absolute Gasteiger partial charge is 0.358 e. The van der Waals surface area contributed by atoms with Crippen molar-refractivity contribution in [1.82, 2.24) is 5.16 Å². The molecule has 1 aromatic carbocycles. The Morgan fingerprint density at radius 1 is 1.50 bits per heavy atom. The van der Waals surface area contributed by atoms with Gasteiger partial charge in [-0.15, -0.1) is 0 Å². The van der Waals surface area contributed by atoms with Gasteiger partial charge in [0, 0.05) is 6.07 Å². The molecule has 0 unspecified atom stereocenters. The number of carboxylic acid groups (broad SMARTS) is 1. The number of phenolic OH excluding ortho intramolecular Hbond substituents is 1. The molecule has 0 saturated carbocycles. The van der Waals surface area contributed by atoms with Crippen LogP contribution in [0.2, 0.25) is 5.02 Å². The lowest BCUT2D eigenvalue weighted by atomic mass is 10.1. The van der Waals surface area contributed by atoms with Gasteiger partial charge in [0.2, 0.25) is 0 Å². The van der Waals surface area contributed by atoms with Gasteiger partial charge in [-0.25, -0.2) is 9.18 Å². The van der Waals surface area contributed by atoms with E-state index in [0.29, 0.717) is 5.56 Å². The summed E-state index contributed by atoms with van der Waals surface area (Å²) in [5.74, 6) is -3.08. The minimum absolute atomic E-state index is 0.0973. The molecule has 1 heterocycles. The van der Waals surface area contributed by atoms with Crippen molar-refractivity contribution in [1.29, 1.82) is 0 Å². The quantitative estimate of drug-likeness (QED) is 0.877. The predicted octanol–water partition coefficient (Wildman–Crippen LogP) is 2.85. The molecule has 0 aliphatic carbocycles. The van der Waals surface area contributed by atoms with E-state index in [1.54, 1.807) is 6.92 Å². The number of rotatable bonds is 2. The number of benzene rings is 1. The second-order valence-corrected chi connectivity index (χ2v) is 3.98. The van der Waals surface area contributed by atoms with E-state index >= 15 is 0 Å². The van der Waals surface area contributed by atoms with Gasteiger partial charge in [-0.3, -0.25) is 0 Å². The molecule has 0 aliphatic rings. The Balaban J connectivity index is 2.60. The molecule has 94 valence electrons. The molecule has 2 rings (SSSR count). The molecule has 2 aromatic rings. The zero-order valence-electron chi connectivity index (χ0n) is 9.07. The van der Waals surface area contributed by atoms with Gasteiger partial charge in [-0.1, -0.05) is 16.8 Å². The van der Waals surface area contributed by atoms with Gasteiger partial charge in [-0.2, -0.15) is 0 Å². The maximum absolute atomic E-state index is 13.8. The standard InChI is InChI=1S/C11H7ClFNO4/c1-4-2-5(9(13)10(15)8(4)12)7-3-6(11(16)17)14-18-7/h2-3,15H,1H3,(H,16,17). The van der Waals surface area contributed by atoms with E-state index < -0.39 is 17.5 Å². The summed E-state index contributed by atoms with van der Waals surface area (Å²) in [5.41, 5.74) is -0.0234. The topological polar surface area (TPSA) is 83.6 Å². The van der Waals surface area contributed by atoms with Gasteiger partial charge in [0.15, 0.2) is 23.0 Å². The molecule has 18 heavy (non-hydrogen) atoms. The Kier molecular flexibility index (Phi) is 2.96. The molecule has 5 nitrogen and oxygen atoms in total. The second kappa shape index (κ2) is 4.30. The van der Waals surface area contributed by atoms with Crippen molar-refractivity contribution in [2.24, 2.45) is 0 Å². The number of carboxylic acids is 1. The van der Waals surface area contributed by atoms with Crippen LogP contribution in [0, 0.1) is 12.7 Å². The highest BCUT2D eigenvalue weighted by Gasteiger charge is 2.20. The van der Waals surface area contributed by atoms with Gasteiger partial charge in [0.25, 0.3) is 0 Å². The van der Waals surface area contributed by atoms with E-state index in [-0.39, 0.29) is 22.0 Å². The Bertz CT molecular complexity index is 638. The minimum Gasteiger partial charge on any atom is -0.504 e. The largest absolute Gasteiger partial charge is 0.504 e. The zero-order valence-corrected chi connectivity index (χ0v) is 9.82. The highest BCUT2D eigenvalue weighted by atomic mass is 35.5. The van der Waals surface area contributed by atoms with Gasteiger partial charge in [0.1, 0.15) is 0 Å². The Hall–Kier alpha value is -2.08. The van der Waals surface area contributed by atoms with Gasteiger partial charge in [0.05, 0.1) is 10.6 Å². The van der Waals surface area contributed by atoms with Crippen LogP contribution in [0.3, 0.4) is 0 Å². The number of nitrogens with zero attached hydrogens (tertiary/aromatic N) is 1. The number of halogens is 2. The van der Waals surface area contributed by atoms with E-state index in [0.717, 1.165) is 6.07 Å². The lowest BCUT2D eigenvalue weighted by Gasteiger charge is -2.06. The monoisotopic (exact) mass is 271 g/mol. The first-order chi connectivity index (χ1) is 8.41. The number of phenols is 1. The van der Waals surface area contributed by atoms with Crippen LogP contribution in [0.4, 0.5) is 4.39 Å². The van der Waals surface area contributed by atoms with E-state index in [9.17, 15) is 14.3 Å². The molecule has 0 saturated heterocycles. The average molecular weight is 272 g/mol. The van der Waals surface area contributed by atoms with E-state index in [4.69, 9.17) is 21.2 Å². The maximum Gasteiger partial charge on any atom is 0.358 e. The zero-order chi connectivity index (χ0) is 13.4. The molecule has 0 amide bonds. The molecule has 7 heteroatoms. The fourth-order valence-electron chi connectivity index (χ4n) is 1.44. The Morgan fingerprint density at radius 3 is 2.72 bits per heavy atom. The third-order valence-electron chi connectivity index (χ3n) is 2.35. The molecular weight excluding hydrogens is 265 g/mol. The molecule has 0 spiro atoms. The number of aryl methyl sites for hydroxylation is 1. The number of carbonyl (C=O) groups is 1. The summed E-state index contributed by atoms with van der Waals surface area (Å²) in [5, 5.41) is 21.3. The first-order valence-corrected chi connectivity index (χ1v) is 5.17. The van der Waals surface area contributed by atoms with Gasteiger partial charge < -0.3 is 14.7 Å². The van der Waals surface area contributed by atoms with E-state index in [1.807, 2.05) is 0 Å². The lowest BCUT2D eigenvalue weighted by Crippen LogP contribution is -1.94. The number of aromatic hydroxyl groups is 1. The molecule has 0 aliphatic heterocycles. The third-order valence-corrected chi connectivity index (χ3v) is 2.83. The van der Waals surface area contributed by atoms with Crippen LogP contribution in [-0.4, -0.2) is 21.3 Å². The van der Waals surface area contributed by atoms with Crippen molar-refractivity contribution in [3.63, 3.8) is 0 Å². The molecule has 0 atom stereocenters. The highest BCUT2D eigenvalue weighted by Crippen LogP contribution is 2.36. The summed E-state index contributed by atoms with van der Waals surface area (Å²) in [6, 6.07) is 2.40. The molecule has 0 radical (unpaired) electrons. The number of hydrogen-bond donors (Lipinski definition) is 2. The molecule has 2 N–H and O–H groups in total. The summed E-state index contributed by atoms with van der Waals surface area (Å²) in [6.45, 7) is 1.57. The summed E-state index contributed by atoms with van der Waals surface area (Å²) in [4.78, 5) is 10.6. The predicted molar refractivity (Wildman–Crippen MR) is 60.3 cm³/mol. The third kappa shape index (κ3) is 1.91. The van der Waals surface area contributed by atoms with Crippen LogP contribution >= 0.6 is 11.6 Å². The van der Waals surface area contributed by atoms with Crippen molar-refractivity contribution in [3.05, 3.63) is 34.2 Å². The number of hydrogen-bond acceptors (Lipinski definition) is 4. The Labute approximate surface area is 105 Å². The van der Waals surface area contributed by atoms with Crippen LogP contribution in [0.5, 0.6) is 5.75 Å². The highest BCUT2D eigenvalue weighted by molar-refractivity contribution is 6.32.